The number of nitro benzene ring substituents is 1. The van der Waals surface area contributed by atoms with Crippen LogP contribution in [0.4, 0.5) is 5.69 Å². The number of benzene rings is 1. The third-order valence-corrected chi connectivity index (χ3v) is 3.51. The molecule has 0 amide bonds. The van der Waals surface area contributed by atoms with E-state index in [2.05, 4.69) is 15.1 Å². The lowest BCUT2D eigenvalue weighted by molar-refractivity contribution is -0.384. The minimum Gasteiger partial charge on any atom is -0.466 e. The van der Waals surface area contributed by atoms with E-state index in [1.54, 1.807) is 26.2 Å². The van der Waals surface area contributed by atoms with Gasteiger partial charge >= 0.3 is 0 Å². The number of hydrogen-bond donors (Lipinski definition) is 2. The molecule has 1 atom stereocenters. The highest BCUT2D eigenvalue weighted by atomic mass is 16.6. The highest BCUT2D eigenvalue weighted by Gasteiger charge is 2.25. The van der Waals surface area contributed by atoms with E-state index in [0.29, 0.717) is 5.52 Å². The van der Waals surface area contributed by atoms with Gasteiger partial charge in [-0.2, -0.15) is 5.10 Å². The first-order chi connectivity index (χ1) is 12.4. The molecule has 10 nitrogen and oxygen atoms in total. The van der Waals surface area contributed by atoms with Crippen LogP contribution in [0, 0.1) is 10.1 Å². The molecule has 0 saturated carbocycles. The van der Waals surface area contributed by atoms with Crippen molar-refractivity contribution in [2.24, 2.45) is 5.10 Å². The Bertz CT molecular complexity index is 1040. The van der Waals surface area contributed by atoms with Crippen LogP contribution < -0.4 is 5.56 Å². The molecule has 0 spiro atoms. The first-order valence-electron chi connectivity index (χ1n) is 7.53. The normalized spacial score (nSPS) is 13.0. The van der Waals surface area contributed by atoms with Gasteiger partial charge in [0.25, 0.3) is 11.2 Å². The second kappa shape index (κ2) is 6.76. The zero-order valence-corrected chi connectivity index (χ0v) is 13.9. The van der Waals surface area contributed by atoms with Gasteiger partial charge in [0.15, 0.2) is 11.8 Å². The number of nitrogens with one attached hydrogen (secondary N) is 1. The second-order valence-corrected chi connectivity index (χ2v) is 5.62. The van der Waals surface area contributed by atoms with Crippen molar-refractivity contribution in [3.05, 3.63) is 68.5 Å². The number of nitrogens with zero attached hydrogens (tertiary/aromatic N) is 4. The van der Waals surface area contributed by atoms with Gasteiger partial charge in [-0.15, -0.1) is 0 Å². The highest BCUT2D eigenvalue weighted by Crippen LogP contribution is 2.20. The van der Waals surface area contributed by atoms with Crippen LogP contribution in [0.2, 0.25) is 0 Å². The van der Waals surface area contributed by atoms with Gasteiger partial charge in [-0.25, -0.2) is 4.98 Å². The lowest BCUT2D eigenvalue weighted by atomic mass is 10.1. The molecular formula is C16H15N5O5. The second-order valence-electron chi connectivity index (χ2n) is 5.62. The van der Waals surface area contributed by atoms with E-state index in [0.717, 1.165) is 0 Å². The van der Waals surface area contributed by atoms with Gasteiger partial charge in [0.05, 0.1) is 22.2 Å². The number of non-ortho nitro benzene ring substituents is 1. The number of fused-ring (bicyclic) bond motifs is 1. The molecule has 10 heteroatoms. The highest BCUT2D eigenvalue weighted by molar-refractivity contribution is 6.03. The number of hydrogen-bond acceptors (Lipinski definition) is 8. The van der Waals surface area contributed by atoms with Crippen LogP contribution in [0.1, 0.15) is 17.6 Å². The van der Waals surface area contributed by atoms with Gasteiger partial charge in [-0.05, 0) is 18.2 Å². The van der Waals surface area contributed by atoms with Crippen molar-refractivity contribution in [1.29, 1.82) is 0 Å². The number of rotatable bonds is 5. The number of furan rings is 1. The quantitative estimate of drug-likeness (QED) is 0.400. The van der Waals surface area contributed by atoms with Crippen molar-refractivity contribution < 1.29 is 14.4 Å². The van der Waals surface area contributed by atoms with Crippen molar-refractivity contribution in [2.45, 2.75) is 6.10 Å². The van der Waals surface area contributed by atoms with Crippen molar-refractivity contribution in [2.75, 3.05) is 14.1 Å². The van der Waals surface area contributed by atoms with Crippen LogP contribution in [0.5, 0.6) is 0 Å². The summed E-state index contributed by atoms with van der Waals surface area (Å²) in [6.07, 6.45) is 0.0831. The Hall–Kier alpha value is -3.53. The van der Waals surface area contributed by atoms with Gasteiger partial charge in [-0.1, -0.05) is 0 Å². The standard InChI is InChI=1S/C16H15N5O5/c1-20(2)19-13(15(22)12-4-3-7-26-12)14-16(23)18-11-8-9(21(24)25)5-6-10(11)17-14/h3-8,15,22H,1-2H3,(H,18,23)/b19-13-/t15-/m0/s1. The minimum absolute atomic E-state index is 0.00791. The van der Waals surface area contributed by atoms with Crippen molar-refractivity contribution in [3.63, 3.8) is 0 Å². The zero-order chi connectivity index (χ0) is 18.8. The van der Waals surface area contributed by atoms with Gasteiger partial charge in [0.2, 0.25) is 0 Å². The summed E-state index contributed by atoms with van der Waals surface area (Å²) in [5, 5.41) is 27.0. The molecule has 26 heavy (non-hydrogen) atoms. The Morgan fingerprint density at radius 1 is 1.42 bits per heavy atom. The van der Waals surface area contributed by atoms with E-state index >= 15 is 0 Å². The molecule has 2 heterocycles. The Morgan fingerprint density at radius 3 is 2.81 bits per heavy atom. The molecule has 0 unspecified atom stereocenters. The fraction of sp³-hybridized carbons (Fsp3) is 0.188. The van der Waals surface area contributed by atoms with Crippen LogP contribution in [-0.4, -0.2) is 44.8 Å². The molecule has 134 valence electrons. The summed E-state index contributed by atoms with van der Waals surface area (Å²) >= 11 is 0. The first kappa shape index (κ1) is 17.3. The fourth-order valence-electron chi connectivity index (χ4n) is 2.39. The Kier molecular flexibility index (Phi) is 4.50. The fourth-order valence-corrected chi connectivity index (χ4v) is 2.39. The molecule has 0 fully saturated rings. The average Bonchev–Trinajstić information content (AvgIpc) is 3.12. The molecule has 0 aliphatic carbocycles. The molecule has 0 saturated heterocycles. The molecule has 0 radical (unpaired) electrons. The summed E-state index contributed by atoms with van der Waals surface area (Å²) in [5.74, 6) is 0.204. The van der Waals surface area contributed by atoms with E-state index < -0.39 is 16.6 Å². The summed E-state index contributed by atoms with van der Waals surface area (Å²) in [7, 11) is 3.26. The van der Waals surface area contributed by atoms with Crippen LogP contribution in [0.25, 0.3) is 11.0 Å². The number of aliphatic hydroxyl groups is 1. The third-order valence-electron chi connectivity index (χ3n) is 3.51. The maximum Gasteiger partial charge on any atom is 0.276 e. The molecule has 0 bridgehead atoms. The SMILES string of the molecule is CN(C)/N=C(/c1nc2ccc([N+](=O)[O-])cc2[nH]c1=O)[C@@H](O)c1ccco1. The van der Waals surface area contributed by atoms with Crippen molar-refractivity contribution in [1.82, 2.24) is 15.0 Å². The van der Waals surface area contributed by atoms with Gasteiger partial charge < -0.3 is 19.5 Å². The van der Waals surface area contributed by atoms with Gasteiger partial charge in [0, 0.05) is 26.2 Å². The molecule has 3 aromatic rings. The van der Waals surface area contributed by atoms with E-state index in [4.69, 9.17) is 4.42 Å². The van der Waals surface area contributed by atoms with Gasteiger partial charge in [0.1, 0.15) is 11.5 Å². The number of aromatic nitrogens is 2. The van der Waals surface area contributed by atoms with Crippen molar-refractivity contribution in [3.8, 4) is 0 Å². The van der Waals surface area contributed by atoms with Crippen LogP contribution in [-0.2, 0) is 0 Å². The van der Waals surface area contributed by atoms with E-state index in [1.165, 1.54) is 29.5 Å². The topological polar surface area (TPSA) is 138 Å². The average molecular weight is 357 g/mol. The van der Waals surface area contributed by atoms with E-state index in [9.17, 15) is 20.0 Å². The largest absolute Gasteiger partial charge is 0.466 e. The number of aromatic amines is 1. The Balaban J connectivity index is 2.16. The number of H-pyrrole nitrogens is 1. The zero-order valence-electron chi connectivity index (χ0n) is 13.9. The van der Waals surface area contributed by atoms with Crippen molar-refractivity contribution >= 4 is 22.4 Å². The number of nitro groups is 1. The molecule has 0 aliphatic heterocycles. The maximum atomic E-state index is 12.5. The van der Waals surface area contributed by atoms with Gasteiger partial charge in [-0.3, -0.25) is 14.9 Å². The monoisotopic (exact) mass is 357 g/mol. The first-order valence-corrected chi connectivity index (χ1v) is 7.53. The van der Waals surface area contributed by atoms with E-state index in [1.807, 2.05) is 0 Å². The smallest absolute Gasteiger partial charge is 0.276 e. The van der Waals surface area contributed by atoms with Crippen LogP contribution in [0.3, 0.4) is 0 Å². The lowest BCUT2D eigenvalue weighted by Crippen LogP contribution is -2.27. The Labute approximate surface area is 146 Å². The molecule has 2 N–H and O–H groups in total. The van der Waals surface area contributed by atoms with E-state index in [-0.39, 0.29) is 28.4 Å². The lowest BCUT2D eigenvalue weighted by Gasteiger charge is -2.14. The predicted octanol–water partition coefficient (Wildman–Crippen LogP) is 1.42. The summed E-state index contributed by atoms with van der Waals surface area (Å²) < 4.78 is 5.18. The van der Waals surface area contributed by atoms with Crippen LogP contribution in [0.15, 0.2) is 50.9 Å². The van der Waals surface area contributed by atoms with Crippen LogP contribution >= 0.6 is 0 Å². The number of aliphatic hydroxyl groups excluding tert-OH is 1. The summed E-state index contributed by atoms with van der Waals surface area (Å²) in [4.78, 5) is 29.6. The summed E-state index contributed by atoms with van der Waals surface area (Å²) in [6, 6.07) is 7.07. The predicted molar refractivity (Wildman–Crippen MR) is 92.9 cm³/mol. The summed E-state index contributed by atoms with van der Waals surface area (Å²) in [6.45, 7) is 0. The third kappa shape index (κ3) is 3.30. The molecule has 2 aromatic heterocycles. The number of hydrazone groups is 1. The Morgan fingerprint density at radius 2 is 2.19 bits per heavy atom. The molecule has 0 aliphatic rings. The minimum atomic E-state index is -1.31. The molecule has 3 rings (SSSR count). The molecular weight excluding hydrogens is 342 g/mol. The maximum absolute atomic E-state index is 12.5. The summed E-state index contributed by atoms with van der Waals surface area (Å²) in [5.41, 5.74) is -0.381. The molecule has 1 aromatic carbocycles.